The number of aromatic nitrogens is 3. The summed E-state index contributed by atoms with van der Waals surface area (Å²) in [5, 5.41) is 5.50. The van der Waals surface area contributed by atoms with Crippen LogP contribution < -0.4 is 10.6 Å². The minimum atomic E-state index is -0.466. The highest BCUT2D eigenvalue weighted by Gasteiger charge is 2.23. The Morgan fingerprint density at radius 1 is 0.933 bits per heavy atom. The predicted octanol–water partition coefficient (Wildman–Crippen LogP) is 4.69. The second-order valence-electron chi connectivity index (χ2n) is 8.66. The normalized spacial score (nSPS) is 18.1. The van der Waals surface area contributed by atoms with Crippen LogP contribution >= 0.6 is 0 Å². The molecule has 0 radical (unpaired) electrons. The molecule has 0 unspecified atom stereocenters. The van der Waals surface area contributed by atoms with Gasteiger partial charge in [-0.1, -0.05) is 25.3 Å². The maximum absolute atomic E-state index is 12.1. The molecule has 5 rings (SSSR count). The van der Waals surface area contributed by atoms with E-state index in [1.807, 2.05) is 17.1 Å². The Morgan fingerprint density at radius 2 is 1.70 bits per heavy atom. The Labute approximate surface area is 177 Å². The van der Waals surface area contributed by atoms with E-state index in [1.165, 1.54) is 44.2 Å². The maximum atomic E-state index is 12.1. The molecule has 1 amide bonds. The van der Waals surface area contributed by atoms with Gasteiger partial charge >= 0.3 is 0 Å². The number of rotatable bonds is 4. The number of hydrogen-bond donors (Lipinski definition) is 1. The van der Waals surface area contributed by atoms with Crippen LogP contribution in [0.3, 0.4) is 0 Å². The molecule has 6 heteroatoms. The largest absolute Gasteiger partial charge is 0.370 e. The summed E-state index contributed by atoms with van der Waals surface area (Å²) in [5.74, 6) is -0.466. The highest BCUT2D eigenvalue weighted by molar-refractivity contribution is 6.05. The van der Waals surface area contributed by atoms with Crippen LogP contribution in [0, 0.1) is 0 Å². The molecule has 30 heavy (non-hydrogen) atoms. The number of piperidine rings is 1. The fourth-order valence-corrected chi connectivity index (χ4v) is 5.02. The number of hydrogen-bond acceptors (Lipinski definition) is 4. The number of fused-ring (bicyclic) bond motifs is 1. The van der Waals surface area contributed by atoms with Gasteiger partial charge in [-0.15, -0.1) is 0 Å². The first-order valence-electron chi connectivity index (χ1n) is 11.2. The van der Waals surface area contributed by atoms with E-state index in [0.29, 0.717) is 11.7 Å². The van der Waals surface area contributed by atoms with Crippen LogP contribution in [0.1, 0.15) is 67.9 Å². The number of carbonyl (C=O) groups is 1. The fourth-order valence-electron chi connectivity index (χ4n) is 5.02. The first-order chi connectivity index (χ1) is 14.7. The van der Waals surface area contributed by atoms with Crippen LogP contribution in [0.15, 0.2) is 36.7 Å². The first-order valence-corrected chi connectivity index (χ1v) is 11.2. The Kier molecular flexibility index (Phi) is 5.15. The van der Waals surface area contributed by atoms with Crippen molar-refractivity contribution in [2.24, 2.45) is 5.73 Å². The van der Waals surface area contributed by atoms with Gasteiger partial charge in [0.2, 0.25) is 0 Å². The summed E-state index contributed by atoms with van der Waals surface area (Å²) in [5.41, 5.74) is 10.3. The van der Waals surface area contributed by atoms with Crippen LogP contribution in [-0.4, -0.2) is 33.8 Å². The SMILES string of the molecule is NC(=O)c1nn(C2CCCCC2)c2ccc(-c3cncc(N4CCCCC4)c3)cc12. The van der Waals surface area contributed by atoms with Crippen LogP contribution in [-0.2, 0) is 0 Å². The lowest BCUT2D eigenvalue weighted by atomic mass is 9.95. The minimum absolute atomic E-state index is 0.351. The summed E-state index contributed by atoms with van der Waals surface area (Å²) in [6.45, 7) is 2.17. The van der Waals surface area contributed by atoms with Gasteiger partial charge in [0.05, 0.1) is 23.4 Å². The molecule has 2 aromatic heterocycles. The topological polar surface area (TPSA) is 77.0 Å². The average molecular weight is 404 g/mol. The molecule has 1 aromatic carbocycles. The lowest BCUT2D eigenvalue weighted by Crippen LogP contribution is -2.29. The molecule has 0 bridgehead atoms. The van der Waals surface area contributed by atoms with Crippen molar-refractivity contribution >= 4 is 22.5 Å². The molecule has 1 aliphatic carbocycles. The van der Waals surface area contributed by atoms with E-state index in [0.717, 1.165) is 48.0 Å². The van der Waals surface area contributed by atoms with Crippen LogP contribution in [0.25, 0.3) is 22.0 Å². The fraction of sp³-hybridized carbons (Fsp3) is 0.458. The number of carbonyl (C=O) groups excluding carboxylic acids is 1. The molecule has 1 aliphatic heterocycles. The van der Waals surface area contributed by atoms with E-state index in [1.54, 1.807) is 0 Å². The van der Waals surface area contributed by atoms with E-state index in [2.05, 4.69) is 39.2 Å². The number of anilines is 1. The molecule has 0 spiro atoms. The smallest absolute Gasteiger partial charge is 0.269 e. The number of nitrogens with two attached hydrogens (primary N) is 1. The van der Waals surface area contributed by atoms with Gasteiger partial charge in [-0.2, -0.15) is 5.10 Å². The summed E-state index contributed by atoms with van der Waals surface area (Å²) >= 11 is 0. The van der Waals surface area contributed by atoms with Gasteiger partial charge in [0, 0.05) is 30.2 Å². The quantitative estimate of drug-likeness (QED) is 0.685. The van der Waals surface area contributed by atoms with E-state index < -0.39 is 5.91 Å². The summed E-state index contributed by atoms with van der Waals surface area (Å²) in [6, 6.07) is 8.81. The zero-order chi connectivity index (χ0) is 20.5. The molecule has 156 valence electrons. The van der Waals surface area contributed by atoms with Gasteiger partial charge < -0.3 is 10.6 Å². The van der Waals surface area contributed by atoms with Crippen molar-refractivity contribution in [2.45, 2.75) is 57.4 Å². The zero-order valence-corrected chi connectivity index (χ0v) is 17.4. The van der Waals surface area contributed by atoms with Crippen molar-refractivity contribution < 1.29 is 4.79 Å². The Balaban J connectivity index is 1.54. The third-order valence-electron chi connectivity index (χ3n) is 6.64. The van der Waals surface area contributed by atoms with Crippen molar-refractivity contribution in [3.05, 3.63) is 42.4 Å². The van der Waals surface area contributed by atoms with E-state index in [-0.39, 0.29) is 0 Å². The van der Waals surface area contributed by atoms with Crippen molar-refractivity contribution in [3.8, 4) is 11.1 Å². The molecule has 2 N–H and O–H groups in total. The number of pyridine rings is 1. The Bertz CT molecular complexity index is 1060. The third-order valence-corrected chi connectivity index (χ3v) is 6.64. The van der Waals surface area contributed by atoms with Crippen molar-refractivity contribution in [3.63, 3.8) is 0 Å². The van der Waals surface area contributed by atoms with Crippen LogP contribution in [0.5, 0.6) is 0 Å². The molecule has 3 heterocycles. The molecule has 1 saturated carbocycles. The monoisotopic (exact) mass is 403 g/mol. The molecule has 1 saturated heterocycles. The van der Waals surface area contributed by atoms with Gasteiger partial charge in [-0.05, 0) is 55.9 Å². The molecule has 2 fully saturated rings. The van der Waals surface area contributed by atoms with Gasteiger partial charge in [-0.25, -0.2) is 0 Å². The number of amides is 1. The van der Waals surface area contributed by atoms with Gasteiger partial charge in [0.1, 0.15) is 0 Å². The second kappa shape index (κ2) is 8.09. The summed E-state index contributed by atoms with van der Waals surface area (Å²) in [4.78, 5) is 19.1. The number of primary amides is 1. The molecule has 0 atom stereocenters. The highest BCUT2D eigenvalue weighted by Crippen LogP contribution is 2.34. The maximum Gasteiger partial charge on any atom is 0.269 e. The molecular formula is C24H29N5O. The zero-order valence-electron chi connectivity index (χ0n) is 17.4. The lowest BCUT2D eigenvalue weighted by molar-refractivity contribution is 0.0995. The Morgan fingerprint density at radius 3 is 2.47 bits per heavy atom. The van der Waals surface area contributed by atoms with Gasteiger partial charge in [0.25, 0.3) is 5.91 Å². The summed E-state index contributed by atoms with van der Waals surface area (Å²) < 4.78 is 2.04. The molecular weight excluding hydrogens is 374 g/mol. The number of benzene rings is 1. The van der Waals surface area contributed by atoms with Crippen LogP contribution in [0.2, 0.25) is 0 Å². The predicted molar refractivity (Wildman–Crippen MR) is 120 cm³/mol. The Hall–Kier alpha value is -2.89. The summed E-state index contributed by atoms with van der Waals surface area (Å²) in [7, 11) is 0. The van der Waals surface area contributed by atoms with Gasteiger partial charge in [-0.3, -0.25) is 14.5 Å². The summed E-state index contributed by atoms with van der Waals surface area (Å²) in [6.07, 6.45) is 13.5. The molecule has 2 aliphatic rings. The second-order valence-corrected chi connectivity index (χ2v) is 8.66. The van der Waals surface area contributed by atoms with Crippen LogP contribution in [0.4, 0.5) is 5.69 Å². The first kappa shape index (κ1) is 19.1. The van der Waals surface area contributed by atoms with Crippen molar-refractivity contribution in [2.75, 3.05) is 18.0 Å². The highest BCUT2D eigenvalue weighted by atomic mass is 16.1. The third kappa shape index (κ3) is 3.55. The minimum Gasteiger partial charge on any atom is -0.370 e. The molecule has 3 aromatic rings. The average Bonchev–Trinajstić information content (AvgIpc) is 3.20. The lowest BCUT2D eigenvalue weighted by Gasteiger charge is -2.28. The molecule has 6 nitrogen and oxygen atoms in total. The van der Waals surface area contributed by atoms with Crippen molar-refractivity contribution in [1.29, 1.82) is 0 Å². The van der Waals surface area contributed by atoms with E-state index in [4.69, 9.17) is 5.73 Å². The number of nitrogens with zero attached hydrogens (tertiary/aromatic N) is 4. The van der Waals surface area contributed by atoms with E-state index >= 15 is 0 Å². The van der Waals surface area contributed by atoms with Gasteiger partial charge in [0.15, 0.2) is 5.69 Å². The van der Waals surface area contributed by atoms with E-state index in [9.17, 15) is 4.79 Å². The standard InChI is InChI=1S/C24H29N5O/c25-24(30)23-21-14-17(9-10-22(21)29(27-23)19-7-3-1-4-8-19)18-13-20(16-26-15-18)28-11-5-2-6-12-28/h9-10,13-16,19H,1-8,11-12H2,(H2,25,30). The van der Waals surface area contributed by atoms with Crippen molar-refractivity contribution in [1.82, 2.24) is 14.8 Å².